The van der Waals surface area contributed by atoms with Gasteiger partial charge in [0.05, 0.1) is 28.5 Å². The highest BCUT2D eigenvalue weighted by Gasteiger charge is 2.43. The molecule has 0 radical (unpaired) electrons. The third-order valence-corrected chi connectivity index (χ3v) is 6.18. The number of aliphatic hydroxyl groups excluding tert-OH is 1. The summed E-state index contributed by atoms with van der Waals surface area (Å²) in [5, 5.41) is 8.91. The molecule has 0 unspecified atom stereocenters. The van der Waals surface area contributed by atoms with Gasteiger partial charge in [0, 0.05) is 24.0 Å². The fraction of sp³-hybridized carbons (Fsp3) is 0.500. The van der Waals surface area contributed by atoms with Crippen molar-refractivity contribution in [1.82, 2.24) is 4.57 Å². The van der Waals surface area contributed by atoms with Crippen molar-refractivity contribution in [3.05, 3.63) is 46.5 Å². The third kappa shape index (κ3) is 5.43. The fourth-order valence-corrected chi connectivity index (χ4v) is 4.61. The number of hydrogen-bond acceptors (Lipinski definition) is 4. The molecular formula is C24H29F4N3O3. The summed E-state index contributed by atoms with van der Waals surface area (Å²) in [6.45, 7) is 3.53. The molecule has 186 valence electrons. The molecule has 10 heteroatoms. The predicted molar refractivity (Wildman–Crippen MR) is 119 cm³/mol. The maximum atomic E-state index is 14.3. The summed E-state index contributed by atoms with van der Waals surface area (Å²) in [6, 6.07) is 2.04. The molecule has 2 aliphatic rings. The summed E-state index contributed by atoms with van der Waals surface area (Å²) in [5.74, 6) is -2.75. The molecular weight excluding hydrogens is 454 g/mol. The second-order valence-corrected chi connectivity index (χ2v) is 9.72. The first-order chi connectivity index (χ1) is 15.7. The lowest BCUT2D eigenvalue weighted by atomic mass is 9.75. The summed E-state index contributed by atoms with van der Waals surface area (Å²) < 4.78 is 55.8. The lowest BCUT2D eigenvalue weighted by Gasteiger charge is -2.30. The van der Waals surface area contributed by atoms with E-state index < -0.39 is 45.8 Å². The number of ketones is 1. The normalized spacial score (nSPS) is 18.1. The van der Waals surface area contributed by atoms with E-state index in [1.807, 2.05) is 0 Å². The van der Waals surface area contributed by atoms with Gasteiger partial charge in [-0.1, -0.05) is 33.1 Å². The van der Waals surface area contributed by atoms with E-state index in [1.165, 1.54) is 19.3 Å². The number of nitrogen functional groups attached to an aromatic ring is 1. The topological polar surface area (TPSA) is 111 Å². The van der Waals surface area contributed by atoms with Crippen LogP contribution in [0, 0.1) is 11.2 Å². The number of Topliss-reactive ketones (excluding diaryl/α,β-unsaturated/α-hetero) is 1. The monoisotopic (exact) mass is 483 g/mol. The SMILES string of the molecule is CC1(C)CC(=O)c2c(C(F)(F)F)cn(-c3cc(N)c(C(N)=O)c(F)c3)c2C1.OC1CCCCC1. The third-order valence-electron chi connectivity index (χ3n) is 6.18. The van der Waals surface area contributed by atoms with Crippen molar-refractivity contribution in [3.8, 4) is 5.69 Å². The van der Waals surface area contributed by atoms with Crippen molar-refractivity contribution in [2.45, 2.75) is 71.1 Å². The van der Waals surface area contributed by atoms with E-state index in [1.54, 1.807) is 13.8 Å². The Morgan fingerprint density at radius 2 is 1.76 bits per heavy atom. The molecule has 0 saturated heterocycles. The number of carbonyl (C=O) groups is 2. The lowest BCUT2D eigenvalue weighted by Crippen LogP contribution is -2.29. The van der Waals surface area contributed by atoms with E-state index in [-0.39, 0.29) is 36.0 Å². The predicted octanol–water partition coefficient (Wildman–Crippen LogP) is 4.78. The number of benzene rings is 1. The number of alkyl halides is 3. The molecule has 1 heterocycles. The van der Waals surface area contributed by atoms with Crippen molar-refractivity contribution in [2.24, 2.45) is 11.1 Å². The van der Waals surface area contributed by atoms with Crippen LogP contribution in [-0.4, -0.2) is 27.5 Å². The zero-order valence-corrected chi connectivity index (χ0v) is 19.1. The first-order valence-electron chi connectivity index (χ1n) is 11.1. The highest BCUT2D eigenvalue weighted by atomic mass is 19.4. The number of amides is 1. The molecule has 6 nitrogen and oxygen atoms in total. The largest absolute Gasteiger partial charge is 0.418 e. The lowest BCUT2D eigenvalue weighted by molar-refractivity contribution is -0.137. The number of nitrogens with zero attached hydrogens (tertiary/aromatic N) is 1. The Labute approximate surface area is 194 Å². The molecule has 34 heavy (non-hydrogen) atoms. The number of carbonyl (C=O) groups excluding carboxylic acids is 2. The fourth-order valence-electron chi connectivity index (χ4n) is 4.61. The van der Waals surface area contributed by atoms with Gasteiger partial charge in [-0.2, -0.15) is 13.2 Å². The molecule has 1 aromatic carbocycles. The van der Waals surface area contributed by atoms with Crippen LogP contribution in [0.1, 0.15) is 84.3 Å². The summed E-state index contributed by atoms with van der Waals surface area (Å²) in [6.07, 6.45) is 2.10. The Bertz CT molecular complexity index is 1080. The van der Waals surface area contributed by atoms with Crippen LogP contribution in [0.5, 0.6) is 0 Å². The number of fused-ring (bicyclic) bond motifs is 1. The minimum Gasteiger partial charge on any atom is -0.398 e. The summed E-state index contributed by atoms with van der Waals surface area (Å²) in [4.78, 5) is 23.7. The van der Waals surface area contributed by atoms with Crippen LogP contribution >= 0.6 is 0 Å². The van der Waals surface area contributed by atoms with Crippen molar-refractivity contribution in [3.63, 3.8) is 0 Å². The van der Waals surface area contributed by atoms with E-state index in [0.29, 0.717) is 0 Å². The zero-order chi connectivity index (χ0) is 25.4. The Morgan fingerprint density at radius 3 is 2.24 bits per heavy atom. The number of nitrogens with two attached hydrogens (primary N) is 2. The number of halogens is 4. The van der Waals surface area contributed by atoms with Crippen LogP contribution in [0.2, 0.25) is 0 Å². The molecule has 2 aliphatic carbocycles. The number of anilines is 1. The molecule has 0 bridgehead atoms. The van der Waals surface area contributed by atoms with Gasteiger partial charge in [0.25, 0.3) is 5.91 Å². The highest BCUT2D eigenvalue weighted by Crippen LogP contribution is 2.43. The zero-order valence-electron chi connectivity index (χ0n) is 19.1. The van der Waals surface area contributed by atoms with E-state index in [4.69, 9.17) is 16.6 Å². The van der Waals surface area contributed by atoms with Gasteiger partial charge in [0.1, 0.15) is 5.82 Å². The highest BCUT2D eigenvalue weighted by molar-refractivity contribution is 6.01. The van der Waals surface area contributed by atoms with Crippen molar-refractivity contribution in [1.29, 1.82) is 0 Å². The Balaban J connectivity index is 0.000000396. The standard InChI is InChI=1S/C18H17F4N3O2.C6H12O/c1-17(2)5-12-14(13(26)6-17)9(18(20,21)22)7-25(12)8-3-10(19)15(16(24)27)11(23)4-8;7-6-4-2-1-3-5-6/h3-4,7H,5-6,23H2,1-2H3,(H2,24,27);6-7H,1-5H2. The van der Waals surface area contributed by atoms with Gasteiger partial charge >= 0.3 is 6.18 Å². The average molecular weight is 484 g/mol. The molecule has 1 fully saturated rings. The number of hydrogen-bond donors (Lipinski definition) is 3. The molecule has 1 amide bonds. The summed E-state index contributed by atoms with van der Waals surface area (Å²) >= 11 is 0. The first-order valence-corrected chi connectivity index (χ1v) is 11.1. The first kappa shape index (κ1) is 25.7. The molecule has 1 saturated carbocycles. The number of aliphatic hydroxyl groups is 1. The van der Waals surface area contributed by atoms with Gasteiger partial charge in [0.15, 0.2) is 5.78 Å². The number of aromatic nitrogens is 1. The Morgan fingerprint density at radius 1 is 1.15 bits per heavy atom. The number of rotatable bonds is 2. The molecule has 4 rings (SSSR count). The molecule has 0 aliphatic heterocycles. The van der Waals surface area contributed by atoms with Gasteiger partial charge in [-0.3, -0.25) is 9.59 Å². The van der Waals surface area contributed by atoms with Crippen LogP contribution in [0.3, 0.4) is 0 Å². The minimum atomic E-state index is -4.75. The van der Waals surface area contributed by atoms with Gasteiger partial charge in [-0.25, -0.2) is 4.39 Å². The van der Waals surface area contributed by atoms with Crippen LogP contribution < -0.4 is 11.5 Å². The summed E-state index contributed by atoms with van der Waals surface area (Å²) in [7, 11) is 0. The van der Waals surface area contributed by atoms with Crippen molar-refractivity contribution in [2.75, 3.05) is 5.73 Å². The van der Waals surface area contributed by atoms with Crippen LogP contribution in [0.25, 0.3) is 5.69 Å². The van der Waals surface area contributed by atoms with Crippen molar-refractivity contribution < 1.29 is 32.3 Å². The molecule has 5 N–H and O–H groups in total. The molecule has 0 spiro atoms. The molecule has 1 aromatic heterocycles. The number of primary amides is 1. The maximum Gasteiger partial charge on any atom is 0.418 e. The van der Waals surface area contributed by atoms with E-state index in [9.17, 15) is 27.2 Å². The average Bonchev–Trinajstić information content (AvgIpc) is 3.07. The van der Waals surface area contributed by atoms with Gasteiger partial charge in [0.2, 0.25) is 0 Å². The van der Waals surface area contributed by atoms with Crippen LogP contribution in [-0.2, 0) is 12.6 Å². The van der Waals surface area contributed by atoms with E-state index in [0.717, 1.165) is 35.7 Å². The van der Waals surface area contributed by atoms with Gasteiger partial charge < -0.3 is 21.1 Å². The summed E-state index contributed by atoms with van der Waals surface area (Å²) in [5.41, 5.74) is 7.99. The second kappa shape index (κ2) is 9.40. The molecule has 0 atom stereocenters. The van der Waals surface area contributed by atoms with E-state index >= 15 is 0 Å². The quantitative estimate of drug-likeness (QED) is 0.422. The molecule has 2 aromatic rings. The van der Waals surface area contributed by atoms with Gasteiger partial charge in [-0.05, 0) is 36.8 Å². The minimum absolute atomic E-state index is 0.0211. The van der Waals surface area contributed by atoms with Crippen LogP contribution in [0.4, 0.5) is 23.2 Å². The smallest absolute Gasteiger partial charge is 0.398 e. The Hall–Kier alpha value is -2.88. The van der Waals surface area contributed by atoms with Crippen molar-refractivity contribution >= 4 is 17.4 Å². The Kier molecular flexibility index (Phi) is 7.12. The van der Waals surface area contributed by atoms with Gasteiger partial charge in [-0.15, -0.1) is 0 Å². The maximum absolute atomic E-state index is 14.3. The second-order valence-electron chi connectivity index (χ2n) is 9.72. The van der Waals surface area contributed by atoms with E-state index in [2.05, 4.69) is 0 Å². The van der Waals surface area contributed by atoms with Crippen LogP contribution in [0.15, 0.2) is 18.3 Å².